The van der Waals surface area contributed by atoms with Gasteiger partial charge in [-0.15, -0.1) is 0 Å². The smallest absolute Gasteiger partial charge is 0.325 e. The molecular weight excluding hydrogens is 472 g/mol. The topological polar surface area (TPSA) is 167 Å². The molecule has 3 rings (SSSR count). The molecule has 2 aromatic heterocycles. The van der Waals surface area contributed by atoms with Crippen molar-refractivity contribution in [1.82, 2.24) is 14.5 Å². The fourth-order valence-electron chi connectivity index (χ4n) is 3.37. The van der Waals surface area contributed by atoms with E-state index in [0.29, 0.717) is 16.9 Å². The van der Waals surface area contributed by atoms with Gasteiger partial charge >= 0.3 is 5.97 Å². The van der Waals surface area contributed by atoms with E-state index in [4.69, 9.17) is 0 Å². The van der Waals surface area contributed by atoms with Crippen molar-refractivity contribution in [2.75, 3.05) is 24.3 Å². The summed E-state index contributed by atoms with van der Waals surface area (Å²) in [4.78, 5) is 58.9. The minimum Gasteiger partial charge on any atom is -0.468 e. The van der Waals surface area contributed by atoms with Crippen LogP contribution in [0.15, 0.2) is 48.8 Å². The van der Waals surface area contributed by atoms with Crippen LogP contribution < -0.4 is 16.0 Å². The van der Waals surface area contributed by atoms with E-state index in [0.717, 1.165) is 6.07 Å². The average molecular weight is 496 g/mol. The molecule has 0 bridgehead atoms. The van der Waals surface area contributed by atoms with E-state index in [1.165, 1.54) is 41.8 Å². The first-order valence-electron chi connectivity index (χ1n) is 10.6. The van der Waals surface area contributed by atoms with Gasteiger partial charge in [0.15, 0.2) is 0 Å². The van der Waals surface area contributed by atoms with E-state index in [2.05, 4.69) is 20.7 Å². The maximum absolute atomic E-state index is 12.8. The number of carbonyl (C=O) groups excluding carboxylic acids is 4. The summed E-state index contributed by atoms with van der Waals surface area (Å²) in [5.41, 5.74) is 1.51. The number of nitrogens with one attached hydrogen (secondary N) is 3. The third kappa shape index (κ3) is 6.34. The van der Waals surface area contributed by atoms with Gasteiger partial charge in [0.1, 0.15) is 17.9 Å². The van der Waals surface area contributed by atoms with Gasteiger partial charge in [0.25, 0.3) is 17.5 Å². The fraction of sp³-hybridized carbons (Fsp3) is 0.217. The summed E-state index contributed by atoms with van der Waals surface area (Å²) in [5.74, 6) is -1.97. The Kier molecular flexibility index (Phi) is 7.84. The molecule has 13 nitrogen and oxygen atoms in total. The van der Waals surface area contributed by atoms with Crippen molar-refractivity contribution in [3.63, 3.8) is 0 Å². The van der Waals surface area contributed by atoms with Gasteiger partial charge in [-0.2, -0.15) is 0 Å². The molecule has 3 N–H and O–H groups in total. The molecule has 0 fully saturated rings. The summed E-state index contributed by atoms with van der Waals surface area (Å²) >= 11 is 0. The molecule has 13 heteroatoms. The van der Waals surface area contributed by atoms with E-state index in [1.807, 2.05) is 0 Å². The fourth-order valence-corrected chi connectivity index (χ4v) is 3.37. The van der Waals surface area contributed by atoms with Crippen molar-refractivity contribution < 1.29 is 28.8 Å². The third-order valence-electron chi connectivity index (χ3n) is 5.14. The lowest BCUT2D eigenvalue weighted by Gasteiger charge is -2.08. The largest absolute Gasteiger partial charge is 0.468 e. The Hall–Kier alpha value is -4.94. The predicted octanol–water partition coefficient (Wildman–Crippen LogP) is 1.61. The molecule has 0 saturated heterocycles. The Bertz CT molecular complexity index is 1340. The van der Waals surface area contributed by atoms with Crippen LogP contribution in [0, 0.1) is 10.1 Å². The van der Waals surface area contributed by atoms with Gasteiger partial charge in [0.05, 0.1) is 30.3 Å². The van der Waals surface area contributed by atoms with Crippen LogP contribution >= 0.6 is 0 Å². The van der Waals surface area contributed by atoms with Crippen LogP contribution in [0.3, 0.4) is 0 Å². The highest BCUT2D eigenvalue weighted by atomic mass is 16.6. The van der Waals surface area contributed by atoms with Crippen molar-refractivity contribution in [3.05, 3.63) is 75.9 Å². The zero-order valence-electron chi connectivity index (χ0n) is 19.7. The van der Waals surface area contributed by atoms with Crippen LogP contribution in [0.2, 0.25) is 0 Å². The maximum Gasteiger partial charge on any atom is 0.325 e. The molecule has 0 unspecified atom stereocenters. The van der Waals surface area contributed by atoms with Crippen LogP contribution in [0.5, 0.6) is 0 Å². The van der Waals surface area contributed by atoms with Crippen LogP contribution in [0.25, 0.3) is 0 Å². The molecule has 0 aliphatic carbocycles. The number of amides is 3. The van der Waals surface area contributed by atoms with E-state index in [1.54, 1.807) is 31.3 Å². The normalized spacial score (nSPS) is 10.4. The zero-order chi connectivity index (χ0) is 26.4. The minimum atomic E-state index is -0.592. The summed E-state index contributed by atoms with van der Waals surface area (Å²) in [6, 6.07) is 9.29. The number of carbonyl (C=O) groups is 4. The van der Waals surface area contributed by atoms with Gasteiger partial charge in [-0.1, -0.05) is 12.1 Å². The first-order valence-corrected chi connectivity index (χ1v) is 10.6. The van der Waals surface area contributed by atoms with Crippen molar-refractivity contribution >= 4 is 40.8 Å². The van der Waals surface area contributed by atoms with Crippen LogP contribution in [0.1, 0.15) is 26.5 Å². The molecule has 188 valence electrons. The van der Waals surface area contributed by atoms with Crippen molar-refractivity contribution in [1.29, 1.82) is 0 Å². The van der Waals surface area contributed by atoms with Crippen LogP contribution in [0.4, 0.5) is 17.1 Å². The van der Waals surface area contributed by atoms with E-state index < -0.39 is 22.7 Å². The second-order valence-corrected chi connectivity index (χ2v) is 7.81. The highest BCUT2D eigenvalue weighted by Gasteiger charge is 2.19. The molecule has 0 saturated carbocycles. The summed E-state index contributed by atoms with van der Waals surface area (Å²) < 4.78 is 7.33. The number of aromatic nitrogens is 2. The highest BCUT2D eigenvalue weighted by Crippen LogP contribution is 2.20. The number of esters is 1. The van der Waals surface area contributed by atoms with Crippen LogP contribution in [-0.2, 0) is 34.8 Å². The lowest BCUT2D eigenvalue weighted by Crippen LogP contribution is -2.31. The number of ether oxygens (including phenoxy) is 1. The molecule has 3 amide bonds. The molecule has 1 aromatic carbocycles. The number of hydrogen-bond acceptors (Lipinski definition) is 7. The Morgan fingerprint density at radius 3 is 2.22 bits per heavy atom. The lowest BCUT2D eigenvalue weighted by molar-refractivity contribution is -0.384. The first-order chi connectivity index (χ1) is 17.1. The predicted molar refractivity (Wildman–Crippen MR) is 129 cm³/mol. The number of nitro groups is 1. The number of anilines is 2. The molecule has 0 spiro atoms. The quantitative estimate of drug-likeness (QED) is 0.230. The van der Waals surface area contributed by atoms with Gasteiger partial charge < -0.3 is 29.8 Å². The third-order valence-corrected chi connectivity index (χ3v) is 5.14. The number of aryl methyl sites for hydroxylation is 2. The SMILES string of the molecule is COC(=O)CNC(=O)Cc1cccc(NC(=O)c2cc(NC(=O)c3cc([N+](=O)[O-])cn3C)cn2C)c1. The van der Waals surface area contributed by atoms with Gasteiger partial charge in [-0.3, -0.25) is 29.3 Å². The number of nitrogens with zero attached hydrogens (tertiary/aromatic N) is 3. The summed E-state index contributed by atoms with van der Waals surface area (Å²) in [6.07, 6.45) is 2.76. The number of methoxy groups -OCH3 is 1. The Morgan fingerprint density at radius 1 is 0.944 bits per heavy atom. The first kappa shape index (κ1) is 25.7. The minimum absolute atomic E-state index is 0.00163. The molecule has 2 heterocycles. The Balaban J connectivity index is 1.65. The average Bonchev–Trinajstić information content (AvgIpc) is 3.40. The molecule has 0 atom stereocenters. The molecule has 0 radical (unpaired) electrons. The summed E-state index contributed by atoms with van der Waals surface area (Å²) in [7, 11) is 4.37. The number of benzene rings is 1. The molecule has 3 aromatic rings. The summed E-state index contributed by atoms with van der Waals surface area (Å²) in [6.45, 7) is -0.237. The van der Waals surface area contributed by atoms with E-state index >= 15 is 0 Å². The Morgan fingerprint density at radius 2 is 1.58 bits per heavy atom. The maximum atomic E-state index is 12.8. The van der Waals surface area contributed by atoms with Crippen molar-refractivity contribution in [2.45, 2.75) is 6.42 Å². The van der Waals surface area contributed by atoms with Crippen molar-refractivity contribution in [3.8, 4) is 0 Å². The lowest BCUT2D eigenvalue weighted by atomic mass is 10.1. The number of rotatable bonds is 9. The molecule has 0 aliphatic rings. The van der Waals surface area contributed by atoms with E-state index in [9.17, 15) is 29.3 Å². The van der Waals surface area contributed by atoms with Gasteiger partial charge in [0, 0.05) is 32.0 Å². The number of hydrogen-bond donors (Lipinski definition) is 3. The second kappa shape index (κ2) is 11.0. The van der Waals surface area contributed by atoms with Gasteiger partial charge in [-0.25, -0.2) is 0 Å². The molecule has 0 aliphatic heterocycles. The van der Waals surface area contributed by atoms with Crippen molar-refractivity contribution in [2.24, 2.45) is 14.1 Å². The van der Waals surface area contributed by atoms with Gasteiger partial charge in [0.2, 0.25) is 5.91 Å². The zero-order valence-corrected chi connectivity index (χ0v) is 19.7. The summed E-state index contributed by atoms with van der Waals surface area (Å²) in [5, 5.41) is 18.7. The van der Waals surface area contributed by atoms with Crippen LogP contribution in [-0.4, -0.2) is 51.4 Å². The Labute approximate surface area is 205 Å². The monoisotopic (exact) mass is 496 g/mol. The second-order valence-electron chi connectivity index (χ2n) is 7.81. The van der Waals surface area contributed by atoms with Gasteiger partial charge in [-0.05, 0) is 23.8 Å². The molecule has 36 heavy (non-hydrogen) atoms. The standard InChI is InChI=1S/C23H24N6O7/c1-27-12-16(26-23(33)19-10-17(29(34)35)13-28(19)2)9-18(27)22(32)25-15-6-4-5-14(7-15)8-20(30)24-11-21(31)36-3/h4-7,9-10,12-13H,8,11H2,1-3H3,(H,24,30)(H,25,32)(H,26,33). The van der Waals surface area contributed by atoms with E-state index in [-0.39, 0.29) is 35.9 Å². The highest BCUT2D eigenvalue weighted by molar-refractivity contribution is 6.07. The molecular formula is C23H24N6O7.